The van der Waals surface area contributed by atoms with Crippen LogP contribution in [0.1, 0.15) is 6.92 Å². The van der Waals surface area contributed by atoms with Crippen molar-refractivity contribution in [3.8, 4) is 0 Å². The molecule has 2 aromatic heterocycles. The van der Waals surface area contributed by atoms with E-state index in [1.807, 2.05) is 16.7 Å². The van der Waals surface area contributed by atoms with Crippen molar-refractivity contribution in [3.63, 3.8) is 0 Å². The Bertz CT molecular complexity index is 1010. The average Bonchev–Trinajstić information content (AvgIpc) is 2.98. The number of hydrogen-bond acceptors (Lipinski definition) is 5. The standard InChI is InChI=1S/C18H17Cl3N4O2S/c1-10(17(26)24-16-13(21)7-12(20)9-22-16)28-18-23-14-8-11(19)3-4-15(14)25(18)5-6-27-2/h3-4,7-10H,5-6H2,1-2H3,(H,22,24,26). The second-order valence-corrected chi connectivity index (χ2v) is 8.49. The van der Waals surface area contributed by atoms with Crippen LogP contribution in [0.3, 0.4) is 0 Å². The normalized spacial score (nSPS) is 12.3. The highest BCUT2D eigenvalue weighted by Crippen LogP contribution is 2.30. The molecule has 0 saturated carbocycles. The molecule has 3 rings (SSSR count). The predicted octanol–water partition coefficient (Wildman–Crippen LogP) is 5.16. The fourth-order valence-corrected chi connectivity index (χ4v) is 4.05. The number of halogens is 3. The van der Waals surface area contributed by atoms with E-state index in [0.29, 0.717) is 28.4 Å². The maximum Gasteiger partial charge on any atom is 0.238 e. The molecule has 10 heteroatoms. The van der Waals surface area contributed by atoms with Crippen molar-refractivity contribution in [1.82, 2.24) is 14.5 Å². The number of pyridine rings is 1. The van der Waals surface area contributed by atoms with Crippen LogP contribution in [0.25, 0.3) is 11.0 Å². The molecule has 2 heterocycles. The Morgan fingerprint density at radius 3 is 2.79 bits per heavy atom. The number of fused-ring (bicyclic) bond motifs is 1. The van der Waals surface area contributed by atoms with Gasteiger partial charge in [0.2, 0.25) is 5.91 Å². The van der Waals surface area contributed by atoms with Crippen LogP contribution in [0.2, 0.25) is 15.1 Å². The van der Waals surface area contributed by atoms with Crippen LogP contribution in [-0.2, 0) is 16.1 Å². The number of methoxy groups -OCH3 is 1. The maximum atomic E-state index is 12.6. The van der Waals surface area contributed by atoms with Gasteiger partial charge >= 0.3 is 0 Å². The third kappa shape index (κ3) is 4.90. The molecule has 6 nitrogen and oxygen atoms in total. The van der Waals surface area contributed by atoms with Crippen LogP contribution in [0, 0.1) is 0 Å². The van der Waals surface area contributed by atoms with E-state index in [1.165, 1.54) is 24.0 Å². The molecule has 0 fully saturated rings. The Kier molecular flexibility index (Phi) is 7.06. The summed E-state index contributed by atoms with van der Waals surface area (Å²) < 4.78 is 7.21. The van der Waals surface area contributed by atoms with Crippen LogP contribution in [0.4, 0.5) is 5.82 Å². The van der Waals surface area contributed by atoms with Crippen molar-refractivity contribution in [3.05, 3.63) is 45.5 Å². The van der Waals surface area contributed by atoms with Gasteiger partial charge in [-0.15, -0.1) is 0 Å². The fraction of sp³-hybridized carbons (Fsp3) is 0.278. The highest BCUT2D eigenvalue weighted by atomic mass is 35.5. The lowest BCUT2D eigenvalue weighted by molar-refractivity contribution is -0.115. The summed E-state index contributed by atoms with van der Waals surface area (Å²) in [5.74, 6) is 0.0216. The van der Waals surface area contributed by atoms with Gasteiger partial charge in [0.1, 0.15) is 0 Å². The Morgan fingerprint density at radius 2 is 2.07 bits per heavy atom. The van der Waals surface area contributed by atoms with Crippen molar-refractivity contribution in [2.75, 3.05) is 19.0 Å². The lowest BCUT2D eigenvalue weighted by Crippen LogP contribution is -2.23. The van der Waals surface area contributed by atoms with Crippen LogP contribution in [-0.4, -0.2) is 39.4 Å². The summed E-state index contributed by atoms with van der Waals surface area (Å²) in [7, 11) is 1.64. The first-order valence-corrected chi connectivity index (χ1v) is 10.3. The molecule has 1 atom stereocenters. The molecule has 28 heavy (non-hydrogen) atoms. The summed E-state index contributed by atoms with van der Waals surface area (Å²) in [4.78, 5) is 21.3. The maximum absolute atomic E-state index is 12.6. The third-order valence-corrected chi connectivity index (χ3v) is 5.72. The molecule has 1 amide bonds. The van der Waals surface area contributed by atoms with E-state index in [-0.39, 0.29) is 16.7 Å². The lowest BCUT2D eigenvalue weighted by atomic mass is 10.3. The smallest absolute Gasteiger partial charge is 0.238 e. The molecule has 0 bridgehead atoms. The van der Waals surface area contributed by atoms with Crippen molar-refractivity contribution >= 4 is 69.3 Å². The average molecular weight is 460 g/mol. The number of amides is 1. The van der Waals surface area contributed by atoms with Crippen molar-refractivity contribution in [2.45, 2.75) is 23.9 Å². The van der Waals surface area contributed by atoms with Crippen LogP contribution < -0.4 is 5.32 Å². The molecule has 0 radical (unpaired) electrons. The summed E-state index contributed by atoms with van der Waals surface area (Å²) in [5.41, 5.74) is 1.69. The minimum Gasteiger partial charge on any atom is -0.383 e. The van der Waals surface area contributed by atoms with Crippen molar-refractivity contribution in [2.24, 2.45) is 0 Å². The van der Waals surface area contributed by atoms with Gasteiger partial charge < -0.3 is 14.6 Å². The largest absolute Gasteiger partial charge is 0.383 e. The molecule has 1 N–H and O–H groups in total. The summed E-state index contributed by atoms with van der Waals surface area (Å²) >= 11 is 19.3. The third-order valence-electron chi connectivity index (χ3n) is 3.90. The van der Waals surface area contributed by atoms with E-state index in [1.54, 1.807) is 20.1 Å². The van der Waals surface area contributed by atoms with Crippen molar-refractivity contribution < 1.29 is 9.53 Å². The number of thioether (sulfide) groups is 1. The molecule has 3 aromatic rings. The Hall–Kier alpha value is -1.51. The second kappa shape index (κ2) is 9.33. The number of ether oxygens (including phenoxy) is 1. The lowest BCUT2D eigenvalue weighted by Gasteiger charge is -2.13. The number of hydrogen-bond donors (Lipinski definition) is 1. The van der Waals surface area contributed by atoms with E-state index in [4.69, 9.17) is 39.5 Å². The van der Waals surface area contributed by atoms with Gasteiger partial charge in [-0.05, 0) is 31.2 Å². The SMILES string of the molecule is COCCn1c(SC(C)C(=O)Nc2ncc(Cl)cc2Cl)nc2cc(Cl)ccc21. The monoisotopic (exact) mass is 458 g/mol. The number of carbonyl (C=O) groups is 1. The fourth-order valence-electron chi connectivity index (χ4n) is 2.51. The Morgan fingerprint density at radius 1 is 1.29 bits per heavy atom. The molecule has 0 aliphatic carbocycles. The first kappa shape index (κ1) is 21.2. The summed E-state index contributed by atoms with van der Waals surface area (Å²) in [5, 5.41) is 4.26. The second-order valence-electron chi connectivity index (χ2n) is 5.91. The number of anilines is 1. The van der Waals surface area contributed by atoms with Crippen molar-refractivity contribution in [1.29, 1.82) is 0 Å². The van der Waals surface area contributed by atoms with Gasteiger partial charge in [0.15, 0.2) is 11.0 Å². The number of rotatable bonds is 7. The van der Waals surface area contributed by atoms with E-state index < -0.39 is 5.25 Å². The minimum absolute atomic E-state index is 0.245. The van der Waals surface area contributed by atoms with Gasteiger partial charge in [-0.2, -0.15) is 0 Å². The number of imidazole rings is 1. The van der Waals surface area contributed by atoms with Gasteiger partial charge in [0.05, 0.1) is 32.9 Å². The molecular weight excluding hydrogens is 443 g/mol. The first-order chi connectivity index (χ1) is 13.4. The summed E-state index contributed by atoms with van der Waals surface area (Å²) in [6, 6.07) is 7.05. The minimum atomic E-state index is -0.442. The number of benzene rings is 1. The van der Waals surface area contributed by atoms with Crippen LogP contribution in [0.5, 0.6) is 0 Å². The van der Waals surface area contributed by atoms with Crippen LogP contribution >= 0.6 is 46.6 Å². The highest BCUT2D eigenvalue weighted by molar-refractivity contribution is 8.00. The topological polar surface area (TPSA) is 69.0 Å². The number of nitrogens with one attached hydrogen (secondary N) is 1. The summed E-state index contributed by atoms with van der Waals surface area (Å²) in [6.07, 6.45) is 1.43. The number of nitrogens with zero attached hydrogens (tertiary/aromatic N) is 3. The molecule has 0 aliphatic rings. The Labute approximate surface area is 181 Å². The number of aromatic nitrogens is 3. The van der Waals surface area contributed by atoms with Gasteiger partial charge in [-0.25, -0.2) is 9.97 Å². The zero-order valence-corrected chi connectivity index (χ0v) is 18.2. The van der Waals surface area contributed by atoms with Gasteiger partial charge in [0, 0.05) is 24.9 Å². The first-order valence-electron chi connectivity index (χ1n) is 8.32. The Balaban J connectivity index is 1.81. The zero-order chi connectivity index (χ0) is 20.3. The zero-order valence-electron chi connectivity index (χ0n) is 15.1. The van der Waals surface area contributed by atoms with Gasteiger partial charge in [-0.3, -0.25) is 4.79 Å². The van der Waals surface area contributed by atoms with E-state index in [9.17, 15) is 4.79 Å². The summed E-state index contributed by atoms with van der Waals surface area (Å²) in [6.45, 7) is 2.92. The molecule has 1 unspecified atom stereocenters. The van der Waals surface area contributed by atoms with E-state index in [2.05, 4.69) is 15.3 Å². The van der Waals surface area contributed by atoms with Gasteiger partial charge in [-0.1, -0.05) is 46.6 Å². The molecule has 0 aliphatic heterocycles. The van der Waals surface area contributed by atoms with E-state index in [0.717, 1.165) is 11.0 Å². The van der Waals surface area contributed by atoms with E-state index >= 15 is 0 Å². The van der Waals surface area contributed by atoms with Crippen LogP contribution in [0.15, 0.2) is 35.6 Å². The molecule has 1 aromatic carbocycles. The molecular formula is C18H17Cl3N4O2S. The molecule has 0 spiro atoms. The predicted molar refractivity (Wildman–Crippen MR) is 115 cm³/mol. The number of carbonyl (C=O) groups excluding carboxylic acids is 1. The highest BCUT2D eigenvalue weighted by Gasteiger charge is 2.21. The van der Waals surface area contributed by atoms with Gasteiger partial charge in [0.25, 0.3) is 0 Å². The quantitative estimate of drug-likeness (QED) is 0.494. The molecule has 148 valence electrons. The molecule has 0 saturated heterocycles.